The van der Waals surface area contributed by atoms with Crippen molar-refractivity contribution in [3.05, 3.63) is 197 Å². The molecule has 9 nitrogen and oxygen atoms in total. The number of nitriles is 2. The highest BCUT2D eigenvalue weighted by Crippen LogP contribution is 2.65. The number of aromatic nitrogens is 3. The average Bonchev–Trinajstić information content (AvgIpc) is 4.05. The van der Waals surface area contributed by atoms with Gasteiger partial charge in [-0.2, -0.15) is 15.6 Å². The zero-order chi connectivity index (χ0) is 50.0. The van der Waals surface area contributed by atoms with Gasteiger partial charge in [-0.05, 0) is 175 Å². The fourth-order valence-electron chi connectivity index (χ4n) is 12.2. The number of nitrogens with zero attached hydrogens (tertiary/aromatic N) is 6. The smallest absolute Gasteiger partial charge is 0.155 e. The van der Waals surface area contributed by atoms with Crippen LogP contribution in [0.15, 0.2) is 158 Å². The summed E-state index contributed by atoms with van der Waals surface area (Å²) in [6.45, 7) is 8.59. The molecular formula is C62H68N6O3. The standard InChI is InChI=1S/C26H29NO.C19H28O2.C17H11N5/c1-4-25(21-11-7-5-8-12-21)26(22-13-9-6-10-14-22)23-15-17-24(18-16-23)28-20-19-27(2)3;1-18-9-7-13(20)11-12(18)3-4-14-15-5-6-17(21)19(15,2)10-8-16(14)18;18-9-13-1-5-15(6-2-13)17(22-12-20-11-21-22)16-7-3-14(10-19)4-8-16/h5-18H,4,19-20H2,1-3H3;11,14-17,21H,3-10H2,1-2H3;1-8,11-12,17H/b26-25-;;/t;14-,15-,16-,17-,18-,19-;/m.0./s1. The van der Waals surface area contributed by atoms with Gasteiger partial charge in [0.2, 0.25) is 0 Å². The Morgan fingerprint density at radius 1 is 0.761 bits per heavy atom. The summed E-state index contributed by atoms with van der Waals surface area (Å²) >= 11 is 0. The van der Waals surface area contributed by atoms with Crippen LogP contribution in [-0.2, 0) is 4.79 Å². The van der Waals surface area contributed by atoms with Gasteiger partial charge in [0, 0.05) is 13.0 Å². The first-order valence-electron chi connectivity index (χ1n) is 25.4. The minimum absolute atomic E-state index is 0.0823. The van der Waals surface area contributed by atoms with E-state index in [-0.39, 0.29) is 23.0 Å². The number of hydrogen-bond acceptors (Lipinski definition) is 8. The topological polar surface area (TPSA) is 128 Å². The van der Waals surface area contributed by atoms with Crippen LogP contribution < -0.4 is 4.74 Å². The van der Waals surface area contributed by atoms with E-state index in [1.165, 1.54) is 65.4 Å². The molecule has 4 aliphatic rings. The highest BCUT2D eigenvalue weighted by Gasteiger charge is 2.58. The normalized spacial score (nSPS) is 23.5. The second-order valence-electron chi connectivity index (χ2n) is 20.5. The largest absolute Gasteiger partial charge is 0.492 e. The summed E-state index contributed by atoms with van der Waals surface area (Å²) in [5.41, 5.74) is 11.5. The van der Waals surface area contributed by atoms with Crippen molar-refractivity contribution in [1.82, 2.24) is 19.7 Å². The van der Waals surface area contributed by atoms with Crippen molar-refractivity contribution < 1.29 is 14.6 Å². The molecule has 6 aromatic rings. The lowest BCUT2D eigenvalue weighted by atomic mass is 9.47. The molecule has 0 radical (unpaired) electrons. The van der Waals surface area contributed by atoms with Crippen molar-refractivity contribution >= 4 is 16.9 Å². The SMILES string of the molecule is CC/C(=C(\c1ccccc1)c1ccc(OCCN(C)C)cc1)c1ccccc1.C[C@]12CC[C@H]3[C@@H](CCC4=CC(=O)CC[C@@]43C)[C@@H]1CC[C@@H]2O.N#Cc1ccc(C(c2ccc(C#N)cc2)n2cncn2)cc1. The summed E-state index contributed by atoms with van der Waals surface area (Å²) in [6, 6.07) is 48.6. The molecule has 0 spiro atoms. The van der Waals surface area contributed by atoms with E-state index in [0.717, 1.165) is 67.4 Å². The molecule has 0 aliphatic heterocycles. The third-order valence-electron chi connectivity index (χ3n) is 16.1. The molecule has 5 aromatic carbocycles. The van der Waals surface area contributed by atoms with Gasteiger partial charge < -0.3 is 14.7 Å². The maximum atomic E-state index is 11.8. The van der Waals surface area contributed by atoms with Crippen LogP contribution in [-0.4, -0.2) is 63.9 Å². The Hall–Kier alpha value is -6.91. The maximum Gasteiger partial charge on any atom is 0.155 e. The number of ketones is 1. The van der Waals surface area contributed by atoms with Gasteiger partial charge in [0.1, 0.15) is 31.1 Å². The fourth-order valence-corrected chi connectivity index (χ4v) is 12.2. The first-order chi connectivity index (χ1) is 34.4. The van der Waals surface area contributed by atoms with Crippen molar-refractivity contribution in [3.8, 4) is 17.9 Å². The van der Waals surface area contributed by atoms with E-state index in [2.05, 4.69) is 147 Å². The summed E-state index contributed by atoms with van der Waals surface area (Å²) < 4.78 is 7.62. The van der Waals surface area contributed by atoms with Crippen molar-refractivity contribution in [2.75, 3.05) is 27.2 Å². The second-order valence-corrected chi connectivity index (χ2v) is 20.5. The number of ether oxygens (including phenoxy) is 1. The number of benzene rings is 5. The molecule has 0 saturated heterocycles. The van der Waals surface area contributed by atoms with Gasteiger partial charge in [0.05, 0.1) is 29.4 Å². The number of rotatable bonds is 11. The maximum absolute atomic E-state index is 11.8. The summed E-state index contributed by atoms with van der Waals surface area (Å²) in [5.74, 6) is 3.49. The van der Waals surface area contributed by atoms with Gasteiger partial charge in [-0.1, -0.05) is 123 Å². The summed E-state index contributed by atoms with van der Waals surface area (Å²) in [5, 5.41) is 32.5. The molecule has 364 valence electrons. The molecule has 0 unspecified atom stereocenters. The number of carbonyl (C=O) groups is 1. The molecule has 9 heteroatoms. The molecule has 71 heavy (non-hydrogen) atoms. The molecule has 1 aromatic heterocycles. The Kier molecular flexibility index (Phi) is 16.3. The number of carbonyl (C=O) groups excluding carboxylic acids is 1. The zero-order valence-corrected chi connectivity index (χ0v) is 42.0. The third-order valence-corrected chi connectivity index (χ3v) is 16.1. The van der Waals surface area contributed by atoms with Gasteiger partial charge in [-0.25, -0.2) is 9.67 Å². The molecule has 1 heterocycles. The quantitative estimate of drug-likeness (QED) is 0.127. The first kappa shape index (κ1) is 50.5. The molecule has 0 amide bonds. The number of aliphatic hydroxyl groups excluding tert-OH is 1. The second kappa shape index (κ2) is 22.9. The number of likely N-dealkylation sites (N-methyl/N-ethyl adjacent to an activating group) is 1. The van der Waals surface area contributed by atoms with E-state index < -0.39 is 0 Å². The molecule has 0 bridgehead atoms. The molecule has 1 N–H and O–H groups in total. The molecule has 3 saturated carbocycles. The van der Waals surface area contributed by atoms with Crippen LogP contribution in [0.25, 0.3) is 11.1 Å². The highest BCUT2D eigenvalue weighted by molar-refractivity contribution is 5.98. The summed E-state index contributed by atoms with van der Waals surface area (Å²) in [6.07, 6.45) is 14.8. The van der Waals surface area contributed by atoms with Gasteiger partial charge >= 0.3 is 0 Å². The monoisotopic (exact) mass is 945 g/mol. The van der Waals surface area contributed by atoms with Crippen molar-refractivity contribution in [1.29, 1.82) is 10.5 Å². The van der Waals surface area contributed by atoms with Crippen molar-refractivity contribution in [2.45, 2.75) is 90.7 Å². The predicted molar refractivity (Wildman–Crippen MR) is 282 cm³/mol. The summed E-state index contributed by atoms with van der Waals surface area (Å²) in [7, 11) is 4.11. The first-order valence-corrected chi connectivity index (χ1v) is 25.4. The van der Waals surface area contributed by atoms with Gasteiger partial charge in [-0.3, -0.25) is 4.79 Å². The molecule has 4 aliphatic carbocycles. The third kappa shape index (κ3) is 11.3. The molecular weight excluding hydrogens is 877 g/mol. The number of hydrogen-bond donors (Lipinski definition) is 1. The minimum Gasteiger partial charge on any atom is -0.492 e. The Morgan fingerprint density at radius 3 is 1.93 bits per heavy atom. The lowest BCUT2D eigenvalue weighted by Gasteiger charge is -2.57. The number of fused-ring (bicyclic) bond motifs is 5. The van der Waals surface area contributed by atoms with Crippen LogP contribution in [0.4, 0.5) is 0 Å². The Morgan fingerprint density at radius 2 is 1.37 bits per heavy atom. The summed E-state index contributed by atoms with van der Waals surface area (Å²) in [4.78, 5) is 17.9. The Labute approximate surface area is 421 Å². The van der Waals surface area contributed by atoms with Gasteiger partial charge in [-0.15, -0.1) is 0 Å². The molecule has 3 fully saturated rings. The van der Waals surface area contributed by atoms with Crippen molar-refractivity contribution in [2.24, 2.45) is 28.6 Å². The van der Waals surface area contributed by atoms with Crippen LogP contribution in [0.1, 0.15) is 124 Å². The van der Waals surface area contributed by atoms with E-state index in [4.69, 9.17) is 15.3 Å². The van der Waals surface area contributed by atoms with Crippen LogP contribution in [0.5, 0.6) is 5.75 Å². The fraction of sp³-hybridized carbons (Fsp3) is 0.371. The molecule has 6 atom stereocenters. The lowest BCUT2D eigenvalue weighted by Crippen LogP contribution is -2.51. The highest BCUT2D eigenvalue weighted by atomic mass is 16.5. The van der Waals surface area contributed by atoms with Gasteiger partial charge in [0.15, 0.2) is 5.78 Å². The van der Waals surface area contributed by atoms with E-state index in [1.807, 2.05) is 30.3 Å². The Bertz CT molecular complexity index is 2790. The van der Waals surface area contributed by atoms with Crippen LogP contribution in [0.2, 0.25) is 0 Å². The Balaban J connectivity index is 0.000000145. The average molecular weight is 945 g/mol. The van der Waals surface area contributed by atoms with E-state index in [1.54, 1.807) is 35.3 Å². The number of allylic oxidation sites excluding steroid dienone is 2. The van der Waals surface area contributed by atoms with E-state index in [9.17, 15) is 9.90 Å². The van der Waals surface area contributed by atoms with E-state index >= 15 is 0 Å². The minimum atomic E-state index is -0.150. The van der Waals surface area contributed by atoms with Crippen LogP contribution in [0.3, 0.4) is 0 Å². The predicted octanol–water partition coefficient (Wildman–Crippen LogP) is 12.5. The lowest BCUT2D eigenvalue weighted by molar-refractivity contribution is -0.118. The van der Waals surface area contributed by atoms with E-state index in [0.29, 0.717) is 29.4 Å². The zero-order valence-electron chi connectivity index (χ0n) is 42.0. The molecule has 10 rings (SSSR count). The van der Waals surface area contributed by atoms with Gasteiger partial charge in [0.25, 0.3) is 0 Å². The van der Waals surface area contributed by atoms with Crippen LogP contribution in [0, 0.1) is 51.2 Å². The number of aliphatic hydroxyl groups is 1. The van der Waals surface area contributed by atoms with Crippen molar-refractivity contribution in [3.63, 3.8) is 0 Å². The van der Waals surface area contributed by atoms with Crippen LogP contribution >= 0.6 is 0 Å².